The molecule has 2 atom stereocenters. The van der Waals surface area contributed by atoms with E-state index < -0.39 is 6.04 Å². The fraction of sp³-hybridized carbons (Fsp3) is 0.176. The average Bonchev–Trinajstić information content (AvgIpc) is 2.97. The quantitative estimate of drug-likeness (QED) is 0.226. The summed E-state index contributed by atoms with van der Waals surface area (Å²) in [6, 6.07) is 29.8. The van der Waals surface area contributed by atoms with Gasteiger partial charge in [-0.05, 0) is 60.7 Å². The van der Waals surface area contributed by atoms with Gasteiger partial charge in [-0.3, -0.25) is 9.78 Å². The molecule has 1 aromatic heterocycles. The lowest BCUT2D eigenvalue weighted by Crippen LogP contribution is -2.40. The summed E-state index contributed by atoms with van der Waals surface area (Å²) in [4.78, 5) is 20.2. The number of carbonyl (C=O) groups excluding carboxylic acids is 1. The molecule has 0 spiro atoms. The number of pyridine rings is 1. The normalized spacial score (nSPS) is 12.6. The first-order valence-corrected chi connectivity index (χ1v) is 13.0. The van der Waals surface area contributed by atoms with Crippen LogP contribution in [-0.2, 0) is 4.79 Å². The number of anilines is 1. The van der Waals surface area contributed by atoms with Gasteiger partial charge in [-0.15, -0.1) is 0 Å². The molecule has 0 aliphatic carbocycles. The number of benzene rings is 3. The smallest absolute Gasteiger partial charge is 0.247 e. The fourth-order valence-corrected chi connectivity index (χ4v) is 4.65. The molecule has 1 amide bonds. The van der Waals surface area contributed by atoms with Crippen molar-refractivity contribution in [2.45, 2.75) is 32.4 Å². The van der Waals surface area contributed by atoms with Crippen LogP contribution in [0.1, 0.15) is 49.0 Å². The Morgan fingerprint density at radius 3 is 2.29 bits per heavy atom. The second-order valence-corrected chi connectivity index (χ2v) is 9.42. The third-order valence-corrected chi connectivity index (χ3v) is 6.76. The molecular formula is C34H35N3O. The number of nitrogens with zero attached hydrogens (tertiary/aromatic N) is 2. The van der Waals surface area contributed by atoms with E-state index in [1.165, 1.54) is 0 Å². The molecule has 0 aliphatic heterocycles. The molecule has 4 rings (SSSR count). The molecular weight excluding hydrogens is 466 g/mol. The maximum atomic E-state index is 13.9. The molecule has 1 N–H and O–H groups in total. The number of aromatic nitrogens is 1. The Morgan fingerprint density at radius 1 is 0.947 bits per heavy atom. The third-order valence-electron chi connectivity index (χ3n) is 6.76. The number of rotatable bonds is 10. The van der Waals surface area contributed by atoms with Gasteiger partial charge in [-0.1, -0.05) is 91.5 Å². The summed E-state index contributed by atoms with van der Waals surface area (Å²) < 4.78 is 0. The van der Waals surface area contributed by atoms with Crippen molar-refractivity contribution in [1.29, 1.82) is 0 Å². The molecule has 0 saturated heterocycles. The van der Waals surface area contributed by atoms with E-state index in [1.807, 2.05) is 92.5 Å². The van der Waals surface area contributed by atoms with Gasteiger partial charge in [0.15, 0.2) is 0 Å². The standard InChI is InChI=1S/C34H35N3O/c1-5-6-14-25(2)31-23-29(28-17-11-8-12-18-28)20-21-32(31)37(4)33(30-19-13-22-35-24-30)34(38)36-26(3)27-15-9-7-10-16-27/h5-13,15-24,26,33H,2,14H2,1,3-4H3,(H,36,38)/b6-5+/t26-,33?/m0/s1. The number of amides is 1. The van der Waals surface area contributed by atoms with E-state index in [0.29, 0.717) is 0 Å². The van der Waals surface area contributed by atoms with Gasteiger partial charge in [-0.2, -0.15) is 0 Å². The topological polar surface area (TPSA) is 45.2 Å². The van der Waals surface area contributed by atoms with Crippen LogP contribution in [0.2, 0.25) is 0 Å². The Morgan fingerprint density at radius 2 is 1.63 bits per heavy atom. The summed E-state index contributed by atoms with van der Waals surface area (Å²) in [5.41, 5.74) is 7.08. The summed E-state index contributed by atoms with van der Waals surface area (Å²) in [6.45, 7) is 8.43. The Balaban J connectivity index is 1.75. The monoisotopic (exact) mass is 501 g/mol. The third kappa shape index (κ3) is 6.27. The van der Waals surface area contributed by atoms with Crippen LogP contribution in [0.4, 0.5) is 5.69 Å². The molecule has 4 aromatic rings. The molecule has 1 heterocycles. The molecule has 192 valence electrons. The van der Waals surface area contributed by atoms with Crippen molar-refractivity contribution in [2.24, 2.45) is 0 Å². The van der Waals surface area contributed by atoms with Crippen LogP contribution in [0.5, 0.6) is 0 Å². The van der Waals surface area contributed by atoms with Crippen molar-refractivity contribution in [2.75, 3.05) is 11.9 Å². The second kappa shape index (κ2) is 12.7. The van der Waals surface area contributed by atoms with E-state index in [9.17, 15) is 4.79 Å². The summed E-state index contributed by atoms with van der Waals surface area (Å²) in [5.74, 6) is -0.0889. The van der Waals surface area contributed by atoms with Crippen LogP contribution in [0, 0.1) is 0 Å². The van der Waals surface area contributed by atoms with E-state index in [0.717, 1.165) is 45.5 Å². The molecule has 0 radical (unpaired) electrons. The minimum Gasteiger partial charge on any atom is -0.359 e. The van der Waals surface area contributed by atoms with Gasteiger partial charge in [0.25, 0.3) is 0 Å². The zero-order valence-electron chi connectivity index (χ0n) is 22.3. The second-order valence-electron chi connectivity index (χ2n) is 9.42. The lowest BCUT2D eigenvalue weighted by molar-refractivity contribution is -0.123. The Hall–Kier alpha value is -4.44. The summed E-state index contributed by atoms with van der Waals surface area (Å²) in [6.07, 6.45) is 8.36. The Labute approximate surface area is 226 Å². The zero-order chi connectivity index (χ0) is 26.9. The molecule has 4 nitrogen and oxygen atoms in total. The van der Waals surface area contributed by atoms with Crippen molar-refractivity contribution in [1.82, 2.24) is 10.3 Å². The molecule has 38 heavy (non-hydrogen) atoms. The van der Waals surface area contributed by atoms with Crippen LogP contribution in [0.3, 0.4) is 0 Å². The number of hydrogen-bond acceptors (Lipinski definition) is 3. The van der Waals surface area contributed by atoms with Gasteiger partial charge in [-0.25, -0.2) is 0 Å². The molecule has 4 heteroatoms. The van der Waals surface area contributed by atoms with E-state index >= 15 is 0 Å². The Kier molecular flexibility index (Phi) is 8.89. The van der Waals surface area contributed by atoms with Gasteiger partial charge in [0.05, 0.1) is 6.04 Å². The average molecular weight is 502 g/mol. The highest BCUT2D eigenvalue weighted by molar-refractivity contribution is 5.89. The summed E-state index contributed by atoms with van der Waals surface area (Å²) in [7, 11) is 1.97. The van der Waals surface area contributed by atoms with Gasteiger partial charge >= 0.3 is 0 Å². The molecule has 1 unspecified atom stereocenters. The number of allylic oxidation sites excluding steroid dienone is 3. The van der Waals surface area contributed by atoms with E-state index in [4.69, 9.17) is 0 Å². The van der Waals surface area contributed by atoms with Crippen LogP contribution in [-0.4, -0.2) is 17.9 Å². The maximum absolute atomic E-state index is 13.9. The van der Waals surface area contributed by atoms with Crippen LogP contribution in [0.15, 0.2) is 122 Å². The lowest BCUT2D eigenvalue weighted by Gasteiger charge is -2.32. The zero-order valence-corrected chi connectivity index (χ0v) is 22.3. The van der Waals surface area contributed by atoms with Gasteiger partial charge < -0.3 is 10.2 Å². The molecule has 0 bridgehead atoms. The summed E-state index contributed by atoms with van der Waals surface area (Å²) in [5, 5.41) is 3.22. The predicted molar refractivity (Wildman–Crippen MR) is 159 cm³/mol. The van der Waals surface area contributed by atoms with Crippen molar-refractivity contribution in [3.63, 3.8) is 0 Å². The van der Waals surface area contributed by atoms with Crippen molar-refractivity contribution >= 4 is 17.2 Å². The van der Waals surface area contributed by atoms with Gasteiger partial charge in [0.1, 0.15) is 6.04 Å². The van der Waals surface area contributed by atoms with E-state index in [1.54, 1.807) is 12.4 Å². The van der Waals surface area contributed by atoms with Gasteiger partial charge in [0, 0.05) is 36.3 Å². The Bertz CT molecular complexity index is 1380. The maximum Gasteiger partial charge on any atom is 0.247 e. The summed E-state index contributed by atoms with van der Waals surface area (Å²) >= 11 is 0. The SMILES string of the molecule is C=C(C/C=C/C)c1cc(-c2ccccc2)ccc1N(C)C(C(=O)N[C@@H](C)c1ccccc1)c1cccnc1. The number of likely N-dealkylation sites (N-methyl/N-ethyl adjacent to an activating group) is 1. The van der Waals surface area contributed by atoms with Crippen LogP contribution >= 0.6 is 0 Å². The van der Waals surface area contributed by atoms with Crippen molar-refractivity contribution < 1.29 is 4.79 Å². The molecule has 0 fully saturated rings. The molecule has 0 aliphatic rings. The highest BCUT2D eigenvalue weighted by Crippen LogP contribution is 2.36. The minimum absolute atomic E-state index is 0.0889. The van der Waals surface area contributed by atoms with Gasteiger partial charge in [0.2, 0.25) is 5.91 Å². The number of hydrogen-bond donors (Lipinski definition) is 1. The van der Waals surface area contributed by atoms with E-state index in [-0.39, 0.29) is 11.9 Å². The van der Waals surface area contributed by atoms with E-state index in [2.05, 4.69) is 53.3 Å². The highest BCUT2D eigenvalue weighted by Gasteiger charge is 2.29. The first-order chi connectivity index (χ1) is 18.5. The fourth-order valence-electron chi connectivity index (χ4n) is 4.65. The first-order valence-electron chi connectivity index (χ1n) is 13.0. The number of nitrogens with one attached hydrogen (secondary N) is 1. The predicted octanol–water partition coefficient (Wildman–Crippen LogP) is 7.78. The van der Waals surface area contributed by atoms with Crippen LogP contribution < -0.4 is 10.2 Å². The first kappa shape index (κ1) is 26.6. The molecule has 3 aromatic carbocycles. The largest absolute Gasteiger partial charge is 0.359 e. The number of carbonyl (C=O) groups is 1. The molecule has 0 saturated carbocycles. The van der Waals surface area contributed by atoms with Crippen LogP contribution in [0.25, 0.3) is 16.7 Å². The van der Waals surface area contributed by atoms with Crippen molar-refractivity contribution in [3.8, 4) is 11.1 Å². The highest BCUT2D eigenvalue weighted by atomic mass is 16.2. The minimum atomic E-state index is -0.578. The lowest BCUT2D eigenvalue weighted by atomic mass is 9.94. The van der Waals surface area contributed by atoms with Crippen molar-refractivity contribution in [3.05, 3.63) is 139 Å².